The van der Waals surface area contributed by atoms with Gasteiger partial charge in [0, 0.05) is 6.07 Å². The first kappa shape index (κ1) is 13.2. The summed E-state index contributed by atoms with van der Waals surface area (Å²) in [4.78, 5) is 10.2. The number of hydrogen-bond donors (Lipinski definition) is 1. The zero-order valence-corrected chi connectivity index (χ0v) is 11.0. The van der Waals surface area contributed by atoms with Gasteiger partial charge in [0.05, 0.1) is 21.6 Å². The molecule has 1 aromatic carbocycles. The van der Waals surface area contributed by atoms with Crippen molar-refractivity contribution in [2.24, 2.45) is 11.7 Å². The van der Waals surface area contributed by atoms with Gasteiger partial charge in [0.15, 0.2) is 5.75 Å². The molecule has 0 bridgehead atoms. The molecule has 0 amide bonds. The van der Waals surface area contributed by atoms with Crippen molar-refractivity contribution in [1.82, 2.24) is 0 Å². The van der Waals surface area contributed by atoms with E-state index in [9.17, 15) is 14.5 Å². The van der Waals surface area contributed by atoms with E-state index >= 15 is 0 Å². The van der Waals surface area contributed by atoms with E-state index in [1.54, 1.807) is 0 Å². The molecule has 1 aliphatic rings. The average Bonchev–Trinajstić information content (AvgIpc) is 2.26. The minimum absolute atomic E-state index is 0.0744. The molecular weight excluding hydrogens is 307 g/mol. The molecular formula is C11H12BrFN2O3. The lowest BCUT2D eigenvalue weighted by molar-refractivity contribution is -0.386. The molecule has 0 saturated heterocycles. The number of hydrogen-bond acceptors (Lipinski definition) is 4. The first-order valence-electron chi connectivity index (χ1n) is 5.51. The predicted octanol–water partition coefficient (Wildman–Crippen LogP) is 2.61. The first-order chi connectivity index (χ1) is 8.51. The van der Waals surface area contributed by atoms with E-state index in [2.05, 4.69) is 15.9 Å². The quantitative estimate of drug-likeness (QED) is 0.683. The van der Waals surface area contributed by atoms with Gasteiger partial charge in [-0.05, 0) is 41.2 Å². The third-order valence-electron chi connectivity index (χ3n) is 3.02. The van der Waals surface area contributed by atoms with Gasteiger partial charge in [0.25, 0.3) is 0 Å². The smallest absolute Gasteiger partial charge is 0.313 e. The van der Waals surface area contributed by atoms with E-state index < -0.39 is 10.7 Å². The van der Waals surface area contributed by atoms with Crippen LogP contribution in [0.5, 0.6) is 5.75 Å². The zero-order chi connectivity index (χ0) is 13.3. The second-order valence-corrected chi connectivity index (χ2v) is 5.16. The van der Waals surface area contributed by atoms with E-state index in [1.807, 2.05) is 0 Å². The number of halogens is 2. The molecule has 0 radical (unpaired) electrons. The van der Waals surface area contributed by atoms with Gasteiger partial charge < -0.3 is 10.5 Å². The number of rotatable bonds is 4. The summed E-state index contributed by atoms with van der Waals surface area (Å²) < 4.78 is 18.9. The standard InChI is InChI=1S/C11H12BrFN2O3/c12-8-3-11(10(15(16)17)4-9(8)13)18-7-1-6(2-7)5-14/h3-4,6-7H,1-2,5,14H2. The van der Waals surface area contributed by atoms with Crippen LogP contribution in [0.4, 0.5) is 10.1 Å². The number of nitro benzene ring substituents is 1. The maximum atomic E-state index is 13.2. The lowest BCUT2D eigenvalue weighted by atomic mass is 9.82. The Kier molecular flexibility index (Phi) is 3.82. The van der Waals surface area contributed by atoms with Crippen LogP contribution in [0.1, 0.15) is 12.8 Å². The summed E-state index contributed by atoms with van der Waals surface area (Å²) >= 11 is 2.99. The topological polar surface area (TPSA) is 78.4 Å². The lowest BCUT2D eigenvalue weighted by Crippen LogP contribution is -2.37. The summed E-state index contributed by atoms with van der Waals surface area (Å²) in [5, 5.41) is 10.8. The maximum Gasteiger partial charge on any atom is 0.313 e. The lowest BCUT2D eigenvalue weighted by Gasteiger charge is -2.34. The number of ether oxygens (including phenoxy) is 1. The summed E-state index contributed by atoms with van der Waals surface area (Å²) in [6.45, 7) is 0.592. The molecule has 5 nitrogen and oxygen atoms in total. The SMILES string of the molecule is NCC1CC(Oc2cc(Br)c(F)cc2[N+](=O)[O-])C1. The van der Waals surface area contributed by atoms with Crippen molar-refractivity contribution in [3.8, 4) is 5.75 Å². The number of nitro groups is 1. The van der Waals surface area contributed by atoms with Crippen molar-refractivity contribution in [3.05, 3.63) is 32.5 Å². The molecule has 0 aliphatic heterocycles. The van der Waals surface area contributed by atoms with E-state index in [0.717, 1.165) is 18.9 Å². The highest BCUT2D eigenvalue weighted by atomic mass is 79.9. The third kappa shape index (κ3) is 2.62. The van der Waals surface area contributed by atoms with E-state index in [4.69, 9.17) is 10.5 Å². The Labute approximate surface area is 111 Å². The van der Waals surface area contributed by atoms with Crippen molar-refractivity contribution in [1.29, 1.82) is 0 Å². The molecule has 1 aliphatic carbocycles. The summed E-state index contributed by atoms with van der Waals surface area (Å²) in [7, 11) is 0. The molecule has 2 rings (SSSR count). The fraction of sp³-hybridized carbons (Fsp3) is 0.455. The van der Waals surface area contributed by atoms with Crippen molar-refractivity contribution < 1.29 is 14.1 Å². The van der Waals surface area contributed by atoms with Crippen molar-refractivity contribution in [2.75, 3.05) is 6.54 Å². The van der Waals surface area contributed by atoms with Crippen LogP contribution in [0.3, 0.4) is 0 Å². The second-order valence-electron chi connectivity index (χ2n) is 4.30. The van der Waals surface area contributed by atoms with Gasteiger partial charge in [-0.15, -0.1) is 0 Å². The minimum Gasteiger partial charge on any atom is -0.483 e. The van der Waals surface area contributed by atoms with Crippen molar-refractivity contribution in [2.45, 2.75) is 18.9 Å². The zero-order valence-electron chi connectivity index (χ0n) is 9.44. The second kappa shape index (κ2) is 5.19. The number of nitrogens with zero attached hydrogens (tertiary/aromatic N) is 1. The largest absolute Gasteiger partial charge is 0.483 e. The third-order valence-corrected chi connectivity index (χ3v) is 3.63. The van der Waals surface area contributed by atoms with Gasteiger partial charge in [0.1, 0.15) is 5.82 Å². The molecule has 98 valence electrons. The van der Waals surface area contributed by atoms with E-state index in [-0.39, 0.29) is 22.0 Å². The molecule has 0 spiro atoms. The molecule has 18 heavy (non-hydrogen) atoms. The highest BCUT2D eigenvalue weighted by Crippen LogP contribution is 2.37. The predicted molar refractivity (Wildman–Crippen MR) is 66.9 cm³/mol. The molecule has 1 aromatic rings. The molecule has 2 N–H and O–H groups in total. The molecule has 7 heteroatoms. The van der Waals surface area contributed by atoms with Gasteiger partial charge >= 0.3 is 5.69 Å². The Hall–Kier alpha value is -1.21. The van der Waals surface area contributed by atoms with Crippen LogP contribution in [0, 0.1) is 21.8 Å². The van der Waals surface area contributed by atoms with Crippen LogP contribution in [-0.2, 0) is 0 Å². The van der Waals surface area contributed by atoms with Gasteiger partial charge in [0.2, 0.25) is 0 Å². The average molecular weight is 319 g/mol. The summed E-state index contributed by atoms with van der Waals surface area (Å²) in [5.41, 5.74) is 5.14. The summed E-state index contributed by atoms with van der Waals surface area (Å²) in [6.07, 6.45) is 1.49. The van der Waals surface area contributed by atoms with Crippen molar-refractivity contribution >= 4 is 21.6 Å². The van der Waals surface area contributed by atoms with Crippen LogP contribution < -0.4 is 10.5 Å². The first-order valence-corrected chi connectivity index (χ1v) is 6.30. The molecule has 0 atom stereocenters. The van der Waals surface area contributed by atoms with Gasteiger partial charge in [-0.2, -0.15) is 0 Å². The number of benzene rings is 1. The fourth-order valence-corrected chi connectivity index (χ4v) is 2.22. The Morgan fingerprint density at radius 2 is 2.22 bits per heavy atom. The highest BCUT2D eigenvalue weighted by Gasteiger charge is 2.31. The molecule has 1 fully saturated rings. The van der Waals surface area contributed by atoms with Crippen LogP contribution in [0.15, 0.2) is 16.6 Å². The Bertz CT molecular complexity index is 478. The normalized spacial score (nSPS) is 22.4. The van der Waals surface area contributed by atoms with Crippen LogP contribution in [0.25, 0.3) is 0 Å². The maximum absolute atomic E-state index is 13.2. The number of nitrogens with two attached hydrogens (primary N) is 1. The molecule has 0 aromatic heterocycles. The molecule has 0 unspecified atom stereocenters. The molecule has 0 heterocycles. The Balaban J connectivity index is 2.16. The van der Waals surface area contributed by atoms with Gasteiger partial charge in [-0.1, -0.05) is 0 Å². The highest BCUT2D eigenvalue weighted by molar-refractivity contribution is 9.10. The van der Waals surface area contributed by atoms with E-state index in [1.165, 1.54) is 6.07 Å². The Morgan fingerprint density at radius 1 is 1.56 bits per heavy atom. The Morgan fingerprint density at radius 3 is 2.78 bits per heavy atom. The van der Waals surface area contributed by atoms with Gasteiger partial charge in [-0.25, -0.2) is 4.39 Å². The van der Waals surface area contributed by atoms with Crippen LogP contribution in [-0.4, -0.2) is 17.6 Å². The fourth-order valence-electron chi connectivity index (χ4n) is 1.90. The van der Waals surface area contributed by atoms with Crippen molar-refractivity contribution in [3.63, 3.8) is 0 Å². The van der Waals surface area contributed by atoms with Gasteiger partial charge in [-0.3, -0.25) is 10.1 Å². The molecule has 1 saturated carbocycles. The summed E-state index contributed by atoms with van der Waals surface area (Å²) in [5.74, 6) is -0.172. The van der Waals surface area contributed by atoms with Crippen LogP contribution >= 0.6 is 15.9 Å². The van der Waals surface area contributed by atoms with Crippen LogP contribution in [0.2, 0.25) is 0 Å². The van der Waals surface area contributed by atoms with E-state index in [0.29, 0.717) is 12.5 Å². The minimum atomic E-state index is -0.678. The monoisotopic (exact) mass is 318 g/mol. The summed E-state index contributed by atoms with van der Waals surface area (Å²) in [6, 6.07) is 2.15.